The summed E-state index contributed by atoms with van der Waals surface area (Å²) < 4.78 is 5.32. The van der Waals surface area contributed by atoms with Gasteiger partial charge >= 0.3 is 0 Å². The smallest absolute Gasteiger partial charge is 0.0468 e. The number of hydrogen-bond donors (Lipinski definition) is 1. The van der Waals surface area contributed by atoms with Crippen LogP contribution < -0.4 is 5.32 Å². The van der Waals surface area contributed by atoms with E-state index in [1.165, 1.54) is 38.6 Å². The molecule has 0 aliphatic heterocycles. The second-order valence-corrected chi connectivity index (χ2v) is 6.22. The number of fused-ring (bicyclic) bond motifs is 2. The maximum Gasteiger partial charge on any atom is 0.0468 e. The van der Waals surface area contributed by atoms with Gasteiger partial charge in [0.1, 0.15) is 0 Å². The lowest BCUT2D eigenvalue weighted by atomic mass is 9.71. The minimum atomic E-state index is 0.559. The predicted molar refractivity (Wildman–Crippen MR) is 67.5 cm³/mol. The normalized spacial score (nSPS) is 37.5. The van der Waals surface area contributed by atoms with E-state index in [0.29, 0.717) is 11.5 Å². The number of nitrogens with one attached hydrogen (secondary N) is 1. The van der Waals surface area contributed by atoms with Crippen molar-refractivity contribution in [3.8, 4) is 0 Å². The molecular weight excluding hydrogens is 198 g/mol. The average Bonchev–Trinajstić information content (AvgIpc) is 2.84. The maximum atomic E-state index is 5.32. The van der Waals surface area contributed by atoms with Gasteiger partial charge in [-0.2, -0.15) is 0 Å². The van der Waals surface area contributed by atoms with Gasteiger partial charge in [0.2, 0.25) is 0 Å². The molecule has 2 bridgehead atoms. The van der Waals surface area contributed by atoms with Crippen LogP contribution in [0.25, 0.3) is 0 Å². The van der Waals surface area contributed by atoms with E-state index in [9.17, 15) is 0 Å². The number of ether oxygens (including phenoxy) is 1. The van der Waals surface area contributed by atoms with Crippen molar-refractivity contribution >= 4 is 0 Å². The summed E-state index contributed by atoms with van der Waals surface area (Å²) in [6, 6.07) is 0.610. The molecule has 94 valence electrons. The molecule has 0 heterocycles. The van der Waals surface area contributed by atoms with Gasteiger partial charge in [-0.25, -0.2) is 0 Å². The van der Waals surface area contributed by atoms with Gasteiger partial charge in [-0.15, -0.1) is 0 Å². The van der Waals surface area contributed by atoms with Crippen molar-refractivity contribution in [1.82, 2.24) is 5.32 Å². The van der Waals surface area contributed by atoms with E-state index >= 15 is 0 Å². The van der Waals surface area contributed by atoms with Crippen molar-refractivity contribution in [3.05, 3.63) is 0 Å². The Hall–Kier alpha value is -0.0800. The van der Waals surface area contributed by atoms with E-state index in [0.717, 1.165) is 18.4 Å². The van der Waals surface area contributed by atoms with Crippen LogP contribution in [0.4, 0.5) is 0 Å². The maximum absolute atomic E-state index is 5.32. The molecule has 0 aromatic heterocycles. The Morgan fingerprint density at radius 3 is 2.69 bits per heavy atom. The first-order valence-corrected chi connectivity index (χ1v) is 6.88. The third kappa shape index (κ3) is 2.43. The SMILES string of the molecule is COCCC1(CNC(C)C)CC2CCC1C2. The van der Waals surface area contributed by atoms with Crippen molar-refractivity contribution in [1.29, 1.82) is 0 Å². The fourth-order valence-electron chi connectivity index (χ4n) is 3.88. The van der Waals surface area contributed by atoms with Crippen LogP contribution in [0, 0.1) is 17.3 Å². The Bertz CT molecular complexity index is 229. The standard InChI is InChI=1S/C14H27NO/c1-11(2)15-10-14(6-7-16-3)9-12-4-5-13(14)8-12/h11-13,15H,4-10H2,1-3H3. The molecule has 2 rings (SSSR count). The molecule has 0 radical (unpaired) electrons. The third-order valence-electron chi connectivity index (χ3n) is 4.77. The van der Waals surface area contributed by atoms with Gasteiger partial charge in [0, 0.05) is 26.3 Å². The van der Waals surface area contributed by atoms with Gasteiger partial charge in [-0.3, -0.25) is 0 Å². The molecule has 16 heavy (non-hydrogen) atoms. The summed E-state index contributed by atoms with van der Waals surface area (Å²) in [5.41, 5.74) is 0.559. The lowest BCUT2D eigenvalue weighted by Crippen LogP contribution is -2.41. The molecule has 2 heteroatoms. The minimum absolute atomic E-state index is 0.559. The lowest BCUT2D eigenvalue weighted by molar-refractivity contribution is 0.0849. The second kappa shape index (κ2) is 5.05. The van der Waals surface area contributed by atoms with E-state index in [2.05, 4.69) is 19.2 Å². The van der Waals surface area contributed by atoms with Crippen LogP contribution in [0.5, 0.6) is 0 Å². The first kappa shape index (κ1) is 12.4. The summed E-state index contributed by atoms with van der Waals surface area (Å²) in [6.45, 7) is 6.63. The van der Waals surface area contributed by atoms with Gasteiger partial charge < -0.3 is 10.1 Å². The zero-order valence-corrected chi connectivity index (χ0v) is 11.1. The summed E-state index contributed by atoms with van der Waals surface area (Å²) in [5, 5.41) is 3.67. The molecule has 2 aliphatic rings. The number of hydrogen-bond acceptors (Lipinski definition) is 2. The van der Waals surface area contributed by atoms with Crippen LogP contribution in [0.3, 0.4) is 0 Å². The average molecular weight is 225 g/mol. The van der Waals surface area contributed by atoms with E-state index in [4.69, 9.17) is 4.74 Å². The zero-order chi connectivity index (χ0) is 11.6. The first-order valence-electron chi connectivity index (χ1n) is 6.88. The summed E-state index contributed by atoms with van der Waals surface area (Å²) in [5.74, 6) is 2.00. The van der Waals surface area contributed by atoms with Crippen LogP contribution in [-0.2, 0) is 4.74 Å². The highest BCUT2D eigenvalue weighted by atomic mass is 16.5. The van der Waals surface area contributed by atoms with Gasteiger partial charge in [0.25, 0.3) is 0 Å². The number of methoxy groups -OCH3 is 1. The van der Waals surface area contributed by atoms with Gasteiger partial charge in [-0.1, -0.05) is 20.3 Å². The van der Waals surface area contributed by atoms with Crippen molar-refractivity contribution in [2.75, 3.05) is 20.3 Å². The first-order chi connectivity index (χ1) is 7.66. The highest BCUT2D eigenvalue weighted by Gasteiger charge is 2.50. The molecule has 2 nitrogen and oxygen atoms in total. The zero-order valence-electron chi connectivity index (χ0n) is 11.1. The minimum Gasteiger partial charge on any atom is -0.385 e. The van der Waals surface area contributed by atoms with Crippen LogP contribution in [0.15, 0.2) is 0 Å². The summed E-state index contributed by atoms with van der Waals surface area (Å²) in [7, 11) is 1.83. The van der Waals surface area contributed by atoms with E-state index in [1.54, 1.807) is 0 Å². The van der Waals surface area contributed by atoms with Crippen molar-refractivity contribution in [2.45, 2.75) is 52.0 Å². The second-order valence-electron chi connectivity index (χ2n) is 6.22. The molecule has 0 amide bonds. The Balaban J connectivity index is 1.96. The van der Waals surface area contributed by atoms with E-state index < -0.39 is 0 Å². The van der Waals surface area contributed by atoms with Crippen molar-refractivity contribution in [3.63, 3.8) is 0 Å². The van der Waals surface area contributed by atoms with Crippen molar-refractivity contribution in [2.24, 2.45) is 17.3 Å². The van der Waals surface area contributed by atoms with E-state index in [1.807, 2.05) is 7.11 Å². The van der Waals surface area contributed by atoms with Gasteiger partial charge in [-0.05, 0) is 42.9 Å². The Morgan fingerprint density at radius 2 is 2.19 bits per heavy atom. The highest BCUT2D eigenvalue weighted by molar-refractivity contribution is 5.01. The monoisotopic (exact) mass is 225 g/mol. The summed E-state index contributed by atoms with van der Waals surface area (Å²) >= 11 is 0. The quantitative estimate of drug-likeness (QED) is 0.750. The summed E-state index contributed by atoms with van der Waals surface area (Å²) in [4.78, 5) is 0. The lowest BCUT2D eigenvalue weighted by Gasteiger charge is -2.38. The van der Waals surface area contributed by atoms with Gasteiger partial charge in [0.15, 0.2) is 0 Å². The fourth-order valence-corrected chi connectivity index (χ4v) is 3.88. The van der Waals surface area contributed by atoms with Crippen LogP contribution in [-0.4, -0.2) is 26.3 Å². The third-order valence-corrected chi connectivity index (χ3v) is 4.77. The molecule has 0 spiro atoms. The molecule has 0 saturated heterocycles. The Kier molecular flexibility index (Phi) is 3.91. The molecule has 2 aliphatic carbocycles. The Morgan fingerprint density at radius 1 is 1.38 bits per heavy atom. The van der Waals surface area contributed by atoms with Crippen molar-refractivity contribution < 1.29 is 4.74 Å². The molecule has 1 N–H and O–H groups in total. The van der Waals surface area contributed by atoms with E-state index in [-0.39, 0.29) is 0 Å². The topological polar surface area (TPSA) is 21.3 Å². The molecule has 0 aromatic rings. The fraction of sp³-hybridized carbons (Fsp3) is 1.00. The molecule has 2 fully saturated rings. The molecule has 3 atom stereocenters. The predicted octanol–water partition coefficient (Wildman–Crippen LogP) is 2.83. The molecular formula is C14H27NO. The molecule has 0 aromatic carbocycles. The van der Waals surface area contributed by atoms with Crippen LogP contribution in [0.1, 0.15) is 46.0 Å². The van der Waals surface area contributed by atoms with Crippen LogP contribution >= 0.6 is 0 Å². The summed E-state index contributed by atoms with van der Waals surface area (Å²) in [6.07, 6.45) is 7.14. The van der Waals surface area contributed by atoms with Crippen LogP contribution in [0.2, 0.25) is 0 Å². The van der Waals surface area contributed by atoms with Gasteiger partial charge in [0.05, 0.1) is 0 Å². The number of rotatable bonds is 6. The Labute approximate surface area is 100 Å². The largest absolute Gasteiger partial charge is 0.385 e. The molecule has 2 saturated carbocycles. The molecule has 3 unspecified atom stereocenters. The highest BCUT2D eigenvalue weighted by Crippen LogP contribution is 2.57.